The number of halogens is 1. The SMILES string of the molecule is N#Cc1cccc(CN2C(=O)[C@@]3(SCCN3C(=O)C3CCC3)c3cc(F)ccc32)c1. The first-order valence-electron chi connectivity index (χ1n) is 10.1. The smallest absolute Gasteiger partial charge is 0.268 e. The van der Waals surface area contributed by atoms with E-state index in [0.29, 0.717) is 29.1 Å². The monoisotopic (exact) mass is 421 g/mol. The Morgan fingerprint density at radius 3 is 2.83 bits per heavy atom. The number of amides is 2. The molecular weight excluding hydrogens is 401 g/mol. The Kier molecular flexibility index (Phi) is 4.55. The van der Waals surface area contributed by atoms with Crippen molar-refractivity contribution < 1.29 is 14.0 Å². The molecule has 0 bridgehead atoms. The minimum absolute atomic E-state index is 0.00291. The lowest BCUT2D eigenvalue weighted by Gasteiger charge is -2.37. The van der Waals surface area contributed by atoms with Crippen LogP contribution in [0.1, 0.15) is 36.0 Å². The van der Waals surface area contributed by atoms with Gasteiger partial charge >= 0.3 is 0 Å². The minimum atomic E-state index is -1.20. The Morgan fingerprint density at radius 2 is 2.10 bits per heavy atom. The molecule has 0 N–H and O–H groups in total. The molecule has 0 unspecified atom stereocenters. The number of benzene rings is 2. The molecule has 0 radical (unpaired) electrons. The van der Waals surface area contributed by atoms with Crippen molar-refractivity contribution in [2.24, 2.45) is 5.92 Å². The maximum Gasteiger partial charge on any atom is 0.268 e. The van der Waals surface area contributed by atoms with Gasteiger partial charge in [-0.3, -0.25) is 9.59 Å². The van der Waals surface area contributed by atoms with Gasteiger partial charge in [-0.2, -0.15) is 5.26 Å². The summed E-state index contributed by atoms with van der Waals surface area (Å²) in [6, 6.07) is 13.6. The highest BCUT2D eigenvalue weighted by Gasteiger charge is 2.60. The number of carbonyl (C=O) groups excluding carboxylic acids is 2. The van der Waals surface area contributed by atoms with Gasteiger partial charge in [-0.15, -0.1) is 11.8 Å². The summed E-state index contributed by atoms with van der Waals surface area (Å²) in [7, 11) is 0. The summed E-state index contributed by atoms with van der Waals surface area (Å²) in [5, 5.41) is 9.19. The lowest BCUT2D eigenvalue weighted by atomic mass is 9.84. The third-order valence-corrected chi connectivity index (χ3v) is 7.69. The van der Waals surface area contributed by atoms with Gasteiger partial charge in [0.05, 0.1) is 23.9 Å². The predicted octanol–water partition coefficient (Wildman–Crippen LogP) is 3.77. The highest BCUT2D eigenvalue weighted by Crippen LogP contribution is 2.55. The average Bonchev–Trinajstić information content (AvgIpc) is 3.24. The van der Waals surface area contributed by atoms with Crippen LogP contribution >= 0.6 is 11.8 Å². The van der Waals surface area contributed by atoms with Gasteiger partial charge in [-0.1, -0.05) is 18.6 Å². The molecule has 2 aromatic rings. The van der Waals surface area contributed by atoms with Crippen LogP contribution in [-0.4, -0.2) is 29.0 Å². The average molecular weight is 421 g/mol. The zero-order chi connectivity index (χ0) is 20.9. The van der Waals surface area contributed by atoms with Crippen LogP contribution in [0.4, 0.5) is 10.1 Å². The normalized spacial score (nSPS) is 22.9. The molecule has 1 aliphatic carbocycles. The van der Waals surface area contributed by atoms with Crippen LogP contribution in [-0.2, 0) is 21.0 Å². The van der Waals surface area contributed by atoms with Crippen molar-refractivity contribution in [3.05, 3.63) is 65.0 Å². The molecule has 152 valence electrons. The number of nitriles is 1. The van der Waals surface area contributed by atoms with Gasteiger partial charge in [0.2, 0.25) is 5.91 Å². The largest absolute Gasteiger partial charge is 0.315 e. The summed E-state index contributed by atoms with van der Waals surface area (Å²) in [5.74, 6) is -0.0222. The van der Waals surface area contributed by atoms with E-state index in [9.17, 15) is 19.2 Å². The summed E-state index contributed by atoms with van der Waals surface area (Å²) in [5.41, 5.74) is 2.52. The molecule has 0 aromatic heterocycles. The molecule has 1 saturated heterocycles. The first kappa shape index (κ1) is 19.1. The first-order valence-corrected chi connectivity index (χ1v) is 11.1. The van der Waals surface area contributed by atoms with Crippen LogP contribution < -0.4 is 4.90 Å². The zero-order valence-corrected chi connectivity index (χ0v) is 17.1. The number of rotatable bonds is 3. The van der Waals surface area contributed by atoms with Crippen LogP contribution in [0.3, 0.4) is 0 Å². The summed E-state index contributed by atoms with van der Waals surface area (Å²) in [4.78, 5) is 29.1. The van der Waals surface area contributed by atoms with E-state index in [1.807, 2.05) is 6.07 Å². The molecule has 1 spiro atoms. The molecule has 5 rings (SSSR count). The second-order valence-corrected chi connectivity index (χ2v) is 9.26. The maximum atomic E-state index is 14.3. The first-order chi connectivity index (χ1) is 14.5. The Balaban J connectivity index is 1.58. The van der Waals surface area contributed by atoms with Gasteiger partial charge in [0.15, 0.2) is 4.87 Å². The molecule has 30 heavy (non-hydrogen) atoms. The van der Waals surface area contributed by atoms with Gasteiger partial charge in [-0.25, -0.2) is 4.39 Å². The highest BCUT2D eigenvalue weighted by atomic mass is 32.2. The third kappa shape index (κ3) is 2.74. The van der Waals surface area contributed by atoms with E-state index in [0.717, 1.165) is 24.8 Å². The molecule has 5 nitrogen and oxygen atoms in total. The fraction of sp³-hybridized carbons (Fsp3) is 0.348. The molecule has 1 saturated carbocycles. The minimum Gasteiger partial charge on any atom is -0.315 e. The topological polar surface area (TPSA) is 64.4 Å². The maximum absolute atomic E-state index is 14.3. The molecule has 2 aromatic carbocycles. The molecular formula is C23H20FN3O2S. The van der Waals surface area contributed by atoms with Crippen LogP contribution in [0.15, 0.2) is 42.5 Å². The summed E-state index contributed by atoms with van der Waals surface area (Å²) >= 11 is 1.42. The summed E-state index contributed by atoms with van der Waals surface area (Å²) < 4.78 is 14.3. The summed E-state index contributed by atoms with van der Waals surface area (Å²) in [6.45, 7) is 0.750. The fourth-order valence-electron chi connectivity index (χ4n) is 4.56. The molecule has 2 fully saturated rings. The second kappa shape index (κ2) is 7.13. The van der Waals surface area contributed by atoms with Gasteiger partial charge in [0.1, 0.15) is 5.82 Å². The van der Waals surface area contributed by atoms with E-state index in [1.54, 1.807) is 34.1 Å². The lowest BCUT2D eigenvalue weighted by Crippen LogP contribution is -2.52. The Hall–Kier alpha value is -2.85. The van der Waals surface area contributed by atoms with E-state index >= 15 is 0 Å². The molecule has 2 amide bonds. The quantitative estimate of drug-likeness (QED) is 0.757. The lowest BCUT2D eigenvalue weighted by molar-refractivity contribution is -0.145. The zero-order valence-electron chi connectivity index (χ0n) is 16.3. The van der Waals surface area contributed by atoms with Crippen LogP contribution in [0, 0.1) is 23.1 Å². The Morgan fingerprint density at radius 1 is 1.27 bits per heavy atom. The summed E-state index contributed by atoms with van der Waals surface area (Å²) in [6.07, 6.45) is 2.74. The van der Waals surface area contributed by atoms with Crippen LogP contribution in [0.2, 0.25) is 0 Å². The number of hydrogen-bond acceptors (Lipinski definition) is 4. The second-order valence-electron chi connectivity index (χ2n) is 7.98. The van der Waals surface area contributed by atoms with Crippen molar-refractivity contribution in [3.8, 4) is 6.07 Å². The standard InChI is InChI=1S/C23H20FN3O2S/c24-18-7-8-20-19(12-18)23(27(9-10-30-23)21(28)17-5-2-6-17)22(29)26(20)14-16-4-1-3-15(11-16)13-25/h1,3-4,7-8,11-12,17H,2,5-6,9-10,14H2/t23-/m0/s1. The number of nitrogens with zero attached hydrogens (tertiary/aromatic N) is 3. The van der Waals surface area contributed by atoms with Gasteiger partial charge in [0, 0.05) is 23.8 Å². The van der Waals surface area contributed by atoms with E-state index in [-0.39, 0.29) is 24.3 Å². The molecule has 2 aliphatic heterocycles. The third-order valence-electron chi connectivity index (χ3n) is 6.27. The van der Waals surface area contributed by atoms with Crippen LogP contribution in [0.5, 0.6) is 0 Å². The predicted molar refractivity (Wildman–Crippen MR) is 112 cm³/mol. The van der Waals surface area contributed by atoms with Crippen molar-refractivity contribution in [2.75, 3.05) is 17.2 Å². The van der Waals surface area contributed by atoms with Gasteiger partial charge < -0.3 is 9.80 Å². The number of anilines is 1. The van der Waals surface area contributed by atoms with Crippen molar-refractivity contribution >= 4 is 29.3 Å². The van der Waals surface area contributed by atoms with Gasteiger partial charge in [0.25, 0.3) is 5.91 Å². The molecule has 3 aliphatic rings. The molecule has 2 heterocycles. The number of fused-ring (bicyclic) bond motifs is 2. The number of carbonyl (C=O) groups is 2. The fourth-order valence-corrected chi connectivity index (χ4v) is 6.02. The number of hydrogen-bond donors (Lipinski definition) is 0. The van der Waals surface area contributed by atoms with E-state index in [1.165, 1.54) is 23.9 Å². The van der Waals surface area contributed by atoms with Crippen molar-refractivity contribution in [3.63, 3.8) is 0 Å². The molecule has 7 heteroatoms. The van der Waals surface area contributed by atoms with Crippen LogP contribution in [0.25, 0.3) is 0 Å². The van der Waals surface area contributed by atoms with E-state index in [4.69, 9.17) is 0 Å². The van der Waals surface area contributed by atoms with Gasteiger partial charge in [-0.05, 0) is 48.7 Å². The Bertz CT molecular complexity index is 1090. The van der Waals surface area contributed by atoms with Crippen molar-refractivity contribution in [1.29, 1.82) is 5.26 Å². The van der Waals surface area contributed by atoms with Crippen molar-refractivity contribution in [2.45, 2.75) is 30.7 Å². The number of thioether (sulfide) groups is 1. The van der Waals surface area contributed by atoms with E-state index < -0.39 is 10.7 Å². The highest BCUT2D eigenvalue weighted by molar-refractivity contribution is 8.01. The van der Waals surface area contributed by atoms with Crippen molar-refractivity contribution in [1.82, 2.24) is 4.90 Å². The van der Waals surface area contributed by atoms with E-state index in [2.05, 4.69) is 6.07 Å². The Labute approximate surface area is 178 Å². The molecule has 1 atom stereocenters.